The molecule has 1 saturated heterocycles. The quantitative estimate of drug-likeness (QED) is 0.585. The molecule has 1 heterocycles. The molecular weight excluding hydrogens is 230 g/mol. The third-order valence-electron chi connectivity index (χ3n) is 3.04. The van der Waals surface area contributed by atoms with E-state index in [4.69, 9.17) is 9.47 Å². The molecule has 0 bridgehead atoms. The van der Waals surface area contributed by atoms with E-state index in [0.717, 1.165) is 19.5 Å². The molecule has 1 aliphatic rings. The van der Waals surface area contributed by atoms with Crippen LogP contribution >= 0.6 is 0 Å². The van der Waals surface area contributed by atoms with Crippen LogP contribution in [-0.2, 0) is 14.3 Å². The first-order valence-electron chi connectivity index (χ1n) is 6.98. The Bertz CT molecular complexity index is 242. The fourth-order valence-corrected chi connectivity index (χ4v) is 2.07. The predicted octanol–water partition coefficient (Wildman–Crippen LogP) is 2.12. The number of esters is 1. The van der Waals surface area contributed by atoms with Crippen molar-refractivity contribution in [2.24, 2.45) is 5.92 Å². The molecule has 0 aromatic heterocycles. The van der Waals surface area contributed by atoms with Gasteiger partial charge in [0.25, 0.3) is 0 Å². The zero-order valence-corrected chi connectivity index (χ0v) is 12.0. The molecule has 4 heteroatoms. The standard InChI is InChI=1S/C14H27NO3/c1-14(2,3)18-10-9-17-13(16)7-6-12-5-4-8-15-11-12/h12,15H,4-11H2,1-3H3. The summed E-state index contributed by atoms with van der Waals surface area (Å²) < 4.78 is 10.6. The predicted molar refractivity (Wildman–Crippen MR) is 71.5 cm³/mol. The minimum Gasteiger partial charge on any atom is -0.463 e. The van der Waals surface area contributed by atoms with Crippen LogP contribution in [0.25, 0.3) is 0 Å². The van der Waals surface area contributed by atoms with Crippen LogP contribution in [0, 0.1) is 5.92 Å². The maximum Gasteiger partial charge on any atom is 0.305 e. The zero-order chi connectivity index (χ0) is 13.4. The van der Waals surface area contributed by atoms with Crippen LogP contribution in [0.15, 0.2) is 0 Å². The number of hydrogen-bond acceptors (Lipinski definition) is 4. The zero-order valence-electron chi connectivity index (χ0n) is 12.0. The molecule has 1 rings (SSSR count). The van der Waals surface area contributed by atoms with Gasteiger partial charge in [-0.3, -0.25) is 4.79 Å². The second kappa shape index (κ2) is 7.74. The summed E-state index contributed by atoms with van der Waals surface area (Å²) in [5, 5.41) is 3.36. The highest BCUT2D eigenvalue weighted by molar-refractivity contribution is 5.69. The Labute approximate surface area is 110 Å². The van der Waals surface area contributed by atoms with Crippen molar-refractivity contribution in [2.75, 3.05) is 26.3 Å². The monoisotopic (exact) mass is 257 g/mol. The van der Waals surface area contributed by atoms with Crippen molar-refractivity contribution in [2.45, 2.75) is 52.1 Å². The van der Waals surface area contributed by atoms with Gasteiger partial charge in [0.15, 0.2) is 0 Å². The lowest BCUT2D eigenvalue weighted by Crippen LogP contribution is -2.30. The number of piperidine rings is 1. The first-order chi connectivity index (χ1) is 8.47. The van der Waals surface area contributed by atoms with Crippen molar-refractivity contribution in [3.63, 3.8) is 0 Å². The fourth-order valence-electron chi connectivity index (χ4n) is 2.07. The summed E-state index contributed by atoms with van der Waals surface area (Å²) in [6.07, 6.45) is 3.92. The molecular formula is C14H27NO3. The van der Waals surface area contributed by atoms with Gasteiger partial charge in [-0.1, -0.05) is 0 Å². The summed E-state index contributed by atoms with van der Waals surface area (Å²) in [5.74, 6) is 0.537. The molecule has 18 heavy (non-hydrogen) atoms. The molecule has 1 aliphatic heterocycles. The summed E-state index contributed by atoms with van der Waals surface area (Å²) in [6.45, 7) is 8.96. The van der Waals surface area contributed by atoms with E-state index < -0.39 is 0 Å². The number of ether oxygens (including phenoxy) is 2. The molecule has 1 fully saturated rings. The Morgan fingerprint density at radius 3 is 2.72 bits per heavy atom. The van der Waals surface area contributed by atoms with Crippen LogP contribution in [0.3, 0.4) is 0 Å². The third-order valence-corrected chi connectivity index (χ3v) is 3.04. The average Bonchev–Trinajstić information content (AvgIpc) is 2.32. The highest BCUT2D eigenvalue weighted by atomic mass is 16.6. The van der Waals surface area contributed by atoms with E-state index in [-0.39, 0.29) is 11.6 Å². The summed E-state index contributed by atoms with van der Waals surface area (Å²) in [7, 11) is 0. The molecule has 1 N–H and O–H groups in total. The van der Waals surface area contributed by atoms with Crippen LogP contribution in [0.5, 0.6) is 0 Å². The normalized spacial score (nSPS) is 20.7. The molecule has 0 aliphatic carbocycles. The van der Waals surface area contributed by atoms with Gasteiger partial charge in [-0.15, -0.1) is 0 Å². The maximum absolute atomic E-state index is 11.5. The minimum absolute atomic E-state index is 0.0990. The van der Waals surface area contributed by atoms with Crippen LogP contribution in [-0.4, -0.2) is 37.9 Å². The van der Waals surface area contributed by atoms with E-state index in [1.54, 1.807) is 0 Å². The van der Waals surface area contributed by atoms with Gasteiger partial charge in [0.05, 0.1) is 12.2 Å². The molecule has 4 nitrogen and oxygen atoms in total. The Hall–Kier alpha value is -0.610. The molecule has 0 saturated carbocycles. The Morgan fingerprint density at radius 1 is 1.33 bits per heavy atom. The van der Waals surface area contributed by atoms with Gasteiger partial charge in [0.1, 0.15) is 6.61 Å². The number of carbonyl (C=O) groups excluding carboxylic acids is 1. The second-order valence-corrected chi connectivity index (χ2v) is 5.93. The topological polar surface area (TPSA) is 47.6 Å². The lowest BCUT2D eigenvalue weighted by Gasteiger charge is -2.22. The first-order valence-corrected chi connectivity index (χ1v) is 6.98. The largest absolute Gasteiger partial charge is 0.463 e. The maximum atomic E-state index is 11.5. The molecule has 0 aromatic rings. The third kappa shape index (κ3) is 7.67. The summed E-state index contributed by atoms with van der Waals surface area (Å²) in [6, 6.07) is 0. The van der Waals surface area contributed by atoms with Gasteiger partial charge in [-0.05, 0) is 59.0 Å². The van der Waals surface area contributed by atoms with Crippen LogP contribution in [0.1, 0.15) is 46.5 Å². The molecule has 0 spiro atoms. The molecule has 0 aromatic carbocycles. The lowest BCUT2D eigenvalue weighted by molar-refractivity contribution is -0.147. The molecule has 1 atom stereocenters. The van der Waals surface area contributed by atoms with Gasteiger partial charge in [-0.2, -0.15) is 0 Å². The molecule has 1 unspecified atom stereocenters. The Morgan fingerprint density at radius 2 is 2.11 bits per heavy atom. The summed E-state index contributed by atoms with van der Waals surface area (Å²) >= 11 is 0. The van der Waals surface area contributed by atoms with Gasteiger partial charge >= 0.3 is 5.97 Å². The van der Waals surface area contributed by atoms with Gasteiger partial charge in [0.2, 0.25) is 0 Å². The van der Waals surface area contributed by atoms with Gasteiger partial charge < -0.3 is 14.8 Å². The lowest BCUT2D eigenvalue weighted by atomic mass is 9.95. The number of rotatable bonds is 6. The SMILES string of the molecule is CC(C)(C)OCCOC(=O)CCC1CCCNC1. The average molecular weight is 257 g/mol. The van der Waals surface area contributed by atoms with E-state index in [9.17, 15) is 4.79 Å². The first kappa shape index (κ1) is 15.4. The van der Waals surface area contributed by atoms with Crippen molar-refractivity contribution in [1.29, 1.82) is 0 Å². The summed E-state index contributed by atoms with van der Waals surface area (Å²) in [4.78, 5) is 11.5. The van der Waals surface area contributed by atoms with Crippen molar-refractivity contribution >= 4 is 5.97 Å². The number of nitrogens with one attached hydrogen (secondary N) is 1. The number of hydrogen-bond donors (Lipinski definition) is 1. The smallest absolute Gasteiger partial charge is 0.305 e. The van der Waals surface area contributed by atoms with Crippen molar-refractivity contribution in [1.82, 2.24) is 5.32 Å². The highest BCUT2D eigenvalue weighted by Gasteiger charge is 2.15. The van der Waals surface area contributed by atoms with E-state index >= 15 is 0 Å². The van der Waals surface area contributed by atoms with E-state index in [2.05, 4.69) is 5.32 Å². The molecule has 0 amide bonds. The van der Waals surface area contributed by atoms with Gasteiger partial charge in [-0.25, -0.2) is 0 Å². The summed E-state index contributed by atoms with van der Waals surface area (Å²) in [5.41, 5.74) is -0.166. The van der Waals surface area contributed by atoms with E-state index in [1.165, 1.54) is 12.8 Å². The minimum atomic E-state index is -0.166. The van der Waals surface area contributed by atoms with Crippen molar-refractivity contribution in [3.8, 4) is 0 Å². The molecule has 106 valence electrons. The van der Waals surface area contributed by atoms with E-state index in [1.807, 2.05) is 20.8 Å². The van der Waals surface area contributed by atoms with E-state index in [0.29, 0.717) is 25.6 Å². The van der Waals surface area contributed by atoms with Crippen molar-refractivity contribution in [3.05, 3.63) is 0 Å². The van der Waals surface area contributed by atoms with Gasteiger partial charge in [0, 0.05) is 6.42 Å². The van der Waals surface area contributed by atoms with Crippen LogP contribution in [0.4, 0.5) is 0 Å². The highest BCUT2D eigenvalue weighted by Crippen LogP contribution is 2.16. The fraction of sp³-hybridized carbons (Fsp3) is 0.929. The number of carbonyl (C=O) groups is 1. The Balaban J connectivity index is 2.00. The van der Waals surface area contributed by atoms with Crippen LogP contribution < -0.4 is 5.32 Å². The second-order valence-electron chi connectivity index (χ2n) is 5.93. The Kier molecular flexibility index (Phi) is 6.65. The van der Waals surface area contributed by atoms with Crippen molar-refractivity contribution < 1.29 is 14.3 Å². The molecule has 0 radical (unpaired) electrons. The van der Waals surface area contributed by atoms with Crippen LogP contribution in [0.2, 0.25) is 0 Å².